The van der Waals surface area contributed by atoms with E-state index in [4.69, 9.17) is 0 Å². The third kappa shape index (κ3) is 17.1. The van der Waals surface area contributed by atoms with E-state index in [0.29, 0.717) is 0 Å². The van der Waals surface area contributed by atoms with Crippen molar-refractivity contribution in [3.8, 4) is 0 Å². The van der Waals surface area contributed by atoms with Crippen molar-refractivity contribution in [2.75, 3.05) is 0 Å². The van der Waals surface area contributed by atoms with Crippen molar-refractivity contribution in [1.82, 2.24) is 0 Å². The molecular formula is C17H36Y-2. The first-order valence-electron chi connectivity index (χ1n) is 7.48. The van der Waals surface area contributed by atoms with Gasteiger partial charge in [0.05, 0.1) is 0 Å². The van der Waals surface area contributed by atoms with Crippen LogP contribution in [0.4, 0.5) is 0 Å². The van der Waals surface area contributed by atoms with Crippen LogP contribution in [0.1, 0.15) is 85.5 Å². The monoisotopic (exact) mass is 329 g/mol. The molecule has 0 fully saturated rings. The molecule has 0 aliphatic heterocycles. The topological polar surface area (TPSA) is 0 Å². The first-order valence-corrected chi connectivity index (χ1v) is 7.48. The van der Waals surface area contributed by atoms with Crippen molar-refractivity contribution in [3.05, 3.63) is 13.8 Å². The molecule has 1 radical (unpaired) electrons. The van der Waals surface area contributed by atoms with Crippen molar-refractivity contribution in [1.29, 1.82) is 0 Å². The van der Waals surface area contributed by atoms with Gasteiger partial charge in [-0.05, 0) is 5.92 Å². The number of hydrogen-bond donors (Lipinski definition) is 0. The molecule has 18 heavy (non-hydrogen) atoms. The summed E-state index contributed by atoms with van der Waals surface area (Å²) in [6, 6.07) is 0. The van der Waals surface area contributed by atoms with Gasteiger partial charge in [-0.2, -0.15) is 13.3 Å². The van der Waals surface area contributed by atoms with Gasteiger partial charge in [0.25, 0.3) is 0 Å². The maximum Gasteiger partial charge on any atom is 0 e. The van der Waals surface area contributed by atoms with E-state index in [0.717, 1.165) is 11.8 Å². The molecule has 0 spiro atoms. The molecule has 0 heterocycles. The van der Waals surface area contributed by atoms with Gasteiger partial charge in [-0.25, -0.2) is 0 Å². The molecule has 109 valence electrons. The van der Waals surface area contributed by atoms with E-state index in [1.807, 2.05) is 0 Å². The fourth-order valence-corrected chi connectivity index (χ4v) is 2.24. The second-order valence-corrected chi connectivity index (χ2v) is 5.61. The standard InChI is InChI=1S/C16H33.CH3.Y/c1-5-12-16(4)14-11-9-7-8-10-13-15(3)6-2;;/h5,15-16H,6-14H2,1-4H3;1H3;/q2*-1;. The SMILES string of the molecule is C[CH-]CC(C)CCCCCCCC(C)CC.[CH3-].[Y]. The molecule has 0 aromatic heterocycles. The Bertz CT molecular complexity index is 134. The molecule has 0 aliphatic rings. The summed E-state index contributed by atoms with van der Waals surface area (Å²) in [4.78, 5) is 0. The maximum absolute atomic E-state index is 2.38. The van der Waals surface area contributed by atoms with Crippen LogP contribution in [-0.2, 0) is 32.7 Å². The Morgan fingerprint density at radius 1 is 0.833 bits per heavy atom. The zero-order chi connectivity index (χ0) is 12.2. The van der Waals surface area contributed by atoms with E-state index in [1.165, 1.54) is 57.8 Å². The zero-order valence-corrected chi connectivity index (χ0v) is 16.5. The minimum absolute atomic E-state index is 0. The molecule has 0 aromatic carbocycles. The van der Waals surface area contributed by atoms with Crippen molar-refractivity contribution < 1.29 is 32.7 Å². The van der Waals surface area contributed by atoms with E-state index in [9.17, 15) is 0 Å². The fraction of sp³-hybridized carbons (Fsp3) is 0.882. The maximum atomic E-state index is 2.38. The first-order chi connectivity index (χ1) is 7.70. The van der Waals surface area contributed by atoms with Gasteiger partial charge >= 0.3 is 0 Å². The summed E-state index contributed by atoms with van der Waals surface area (Å²) in [7, 11) is 0. The van der Waals surface area contributed by atoms with Gasteiger partial charge in [-0.15, -0.1) is 0 Å². The summed E-state index contributed by atoms with van der Waals surface area (Å²) in [6.07, 6.45) is 15.1. The molecule has 0 saturated heterocycles. The van der Waals surface area contributed by atoms with Gasteiger partial charge in [0.1, 0.15) is 0 Å². The molecule has 0 saturated carbocycles. The average molecular weight is 329 g/mol. The molecule has 1 heteroatoms. The Labute approximate surface area is 143 Å². The molecule has 0 nitrogen and oxygen atoms in total. The Kier molecular flexibility index (Phi) is 24.3. The third-order valence-corrected chi connectivity index (χ3v) is 3.73. The smallest absolute Gasteiger partial charge is 0 e. The van der Waals surface area contributed by atoms with Gasteiger partial charge in [0.15, 0.2) is 0 Å². The Morgan fingerprint density at radius 2 is 1.28 bits per heavy atom. The van der Waals surface area contributed by atoms with Crippen molar-refractivity contribution in [2.24, 2.45) is 11.8 Å². The summed E-state index contributed by atoms with van der Waals surface area (Å²) in [6.45, 7) is 9.23. The minimum atomic E-state index is 0. The van der Waals surface area contributed by atoms with Crippen LogP contribution < -0.4 is 0 Å². The van der Waals surface area contributed by atoms with Crippen molar-refractivity contribution in [2.45, 2.75) is 85.5 Å². The number of rotatable bonds is 11. The average Bonchev–Trinajstić information content (AvgIpc) is 2.27. The summed E-state index contributed by atoms with van der Waals surface area (Å²) >= 11 is 0. The fourth-order valence-electron chi connectivity index (χ4n) is 2.24. The van der Waals surface area contributed by atoms with E-state index in [-0.39, 0.29) is 40.1 Å². The van der Waals surface area contributed by atoms with Crippen LogP contribution in [0.2, 0.25) is 0 Å². The number of unbranched alkanes of at least 4 members (excludes halogenated alkanes) is 4. The Hall–Kier alpha value is 1.10. The third-order valence-electron chi connectivity index (χ3n) is 3.73. The van der Waals surface area contributed by atoms with Crippen LogP contribution in [-0.4, -0.2) is 0 Å². The van der Waals surface area contributed by atoms with Gasteiger partial charge in [-0.3, -0.25) is 0 Å². The van der Waals surface area contributed by atoms with Crippen LogP contribution in [0.15, 0.2) is 0 Å². The summed E-state index contributed by atoms with van der Waals surface area (Å²) < 4.78 is 0. The van der Waals surface area contributed by atoms with Crippen molar-refractivity contribution in [3.63, 3.8) is 0 Å². The van der Waals surface area contributed by atoms with E-state index >= 15 is 0 Å². The molecule has 0 aromatic rings. The minimum Gasteiger partial charge on any atom is -0.358 e. The van der Waals surface area contributed by atoms with Gasteiger partial charge in [0.2, 0.25) is 0 Å². The summed E-state index contributed by atoms with van der Waals surface area (Å²) in [5, 5.41) is 0. The quantitative estimate of drug-likeness (QED) is 0.301. The van der Waals surface area contributed by atoms with E-state index < -0.39 is 0 Å². The second kappa shape index (κ2) is 18.1. The van der Waals surface area contributed by atoms with E-state index in [1.54, 1.807) is 0 Å². The first kappa shape index (κ1) is 24.1. The molecule has 0 amide bonds. The van der Waals surface area contributed by atoms with Crippen molar-refractivity contribution >= 4 is 0 Å². The molecule has 2 atom stereocenters. The Balaban J connectivity index is -0.00000112. The van der Waals surface area contributed by atoms with Crippen LogP contribution >= 0.6 is 0 Å². The van der Waals surface area contributed by atoms with Crippen LogP contribution in [0.5, 0.6) is 0 Å². The molecule has 0 rings (SSSR count). The molecule has 0 aliphatic carbocycles. The molecular weight excluding hydrogens is 293 g/mol. The van der Waals surface area contributed by atoms with Gasteiger partial charge < -0.3 is 13.8 Å². The zero-order valence-electron chi connectivity index (χ0n) is 13.7. The van der Waals surface area contributed by atoms with Crippen LogP contribution in [0.25, 0.3) is 0 Å². The normalized spacial score (nSPS) is 13.3. The van der Waals surface area contributed by atoms with E-state index in [2.05, 4.69) is 34.1 Å². The summed E-state index contributed by atoms with van der Waals surface area (Å²) in [5.41, 5.74) is 0. The van der Waals surface area contributed by atoms with Crippen LogP contribution in [0.3, 0.4) is 0 Å². The number of hydrogen-bond acceptors (Lipinski definition) is 0. The summed E-state index contributed by atoms with van der Waals surface area (Å²) in [5.74, 6) is 1.85. The van der Waals surface area contributed by atoms with Gasteiger partial charge in [-0.1, -0.05) is 78.1 Å². The Morgan fingerprint density at radius 3 is 1.72 bits per heavy atom. The predicted molar refractivity (Wildman–Crippen MR) is 81.9 cm³/mol. The molecule has 2 unspecified atom stereocenters. The molecule has 0 bridgehead atoms. The van der Waals surface area contributed by atoms with Crippen LogP contribution in [0, 0.1) is 25.7 Å². The van der Waals surface area contributed by atoms with Gasteiger partial charge in [0, 0.05) is 32.7 Å². The largest absolute Gasteiger partial charge is 0.358 e. The second-order valence-electron chi connectivity index (χ2n) is 5.61. The predicted octanol–water partition coefficient (Wildman–Crippen LogP) is 6.46. The molecule has 0 N–H and O–H groups in total.